The molecule has 1 atom stereocenters. The number of ether oxygens (including phenoxy) is 1. The fourth-order valence-electron chi connectivity index (χ4n) is 4.17. The third-order valence-electron chi connectivity index (χ3n) is 5.92. The third-order valence-corrected chi connectivity index (χ3v) is 5.92. The van der Waals surface area contributed by atoms with Gasteiger partial charge in [-0.2, -0.15) is 0 Å². The van der Waals surface area contributed by atoms with Crippen molar-refractivity contribution in [2.75, 3.05) is 44.2 Å². The van der Waals surface area contributed by atoms with Gasteiger partial charge in [0.15, 0.2) is 5.96 Å². The van der Waals surface area contributed by atoms with E-state index in [1.54, 1.807) is 0 Å². The largest absolute Gasteiger partial charge is 0.376 e. The van der Waals surface area contributed by atoms with Crippen LogP contribution in [0.15, 0.2) is 71.7 Å². The van der Waals surface area contributed by atoms with Gasteiger partial charge in [0.2, 0.25) is 0 Å². The average Bonchev–Trinajstić information content (AvgIpc) is 3.50. The fourth-order valence-corrected chi connectivity index (χ4v) is 4.17. The number of rotatable bonds is 8. The molecule has 1 saturated heterocycles. The molecule has 4 rings (SSSR count). The Morgan fingerprint density at radius 3 is 2.50 bits per heavy atom. The molecule has 0 radical (unpaired) electrons. The molecule has 2 aromatic carbocycles. The molecule has 0 aliphatic carbocycles. The lowest BCUT2D eigenvalue weighted by Crippen LogP contribution is -2.40. The topological polar surface area (TPSA) is 40.1 Å². The first kappa shape index (κ1) is 24.6. The number of hydrogen-bond acceptors (Lipinski definition) is 3. The molecule has 1 fully saturated rings. The van der Waals surface area contributed by atoms with Gasteiger partial charge in [0.1, 0.15) is 0 Å². The van der Waals surface area contributed by atoms with E-state index in [0.717, 1.165) is 51.7 Å². The van der Waals surface area contributed by atoms with Gasteiger partial charge in [-0.05, 0) is 36.6 Å². The smallest absolute Gasteiger partial charge is 0.194 e. The zero-order valence-corrected chi connectivity index (χ0v) is 21.3. The number of anilines is 1. The minimum Gasteiger partial charge on any atom is -0.376 e. The predicted octanol–water partition coefficient (Wildman–Crippen LogP) is 4.69. The van der Waals surface area contributed by atoms with Crippen LogP contribution >= 0.6 is 24.0 Å². The summed E-state index contributed by atoms with van der Waals surface area (Å²) < 4.78 is 5.98. The number of halogens is 1. The van der Waals surface area contributed by atoms with Gasteiger partial charge in [-0.15, -0.1) is 24.0 Å². The molecule has 172 valence electrons. The van der Waals surface area contributed by atoms with Gasteiger partial charge in [-0.3, -0.25) is 0 Å². The second-order valence-electron chi connectivity index (χ2n) is 8.31. The van der Waals surface area contributed by atoms with Crippen LogP contribution in [0.25, 0.3) is 0 Å². The fraction of sp³-hybridized carbons (Fsp3) is 0.423. The highest BCUT2D eigenvalue weighted by molar-refractivity contribution is 14.0. The molecular weight excluding hydrogens is 511 g/mol. The van der Waals surface area contributed by atoms with E-state index < -0.39 is 0 Å². The predicted molar refractivity (Wildman–Crippen MR) is 144 cm³/mol. The second-order valence-corrected chi connectivity index (χ2v) is 8.31. The lowest BCUT2D eigenvalue weighted by molar-refractivity contribution is 0.0906. The van der Waals surface area contributed by atoms with Crippen molar-refractivity contribution in [1.82, 2.24) is 10.2 Å². The Morgan fingerprint density at radius 2 is 1.78 bits per heavy atom. The molecule has 2 aliphatic heterocycles. The maximum absolute atomic E-state index is 5.98. The molecule has 32 heavy (non-hydrogen) atoms. The summed E-state index contributed by atoms with van der Waals surface area (Å²) >= 11 is 0. The van der Waals surface area contributed by atoms with E-state index in [9.17, 15) is 0 Å². The Balaban J connectivity index is 0.00000289. The number of likely N-dealkylation sites (tertiary alicyclic amines) is 1. The monoisotopic (exact) mass is 546 g/mol. The molecule has 0 amide bonds. The molecule has 6 heteroatoms. The maximum atomic E-state index is 5.98. The SMILES string of the molecule is CCNC(=NCc1ccc(N2CC=CC2)cc1)N1CCC(COCc2ccccc2)C1.I. The number of benzene rings is 2. The van der Waals surface area contributed by atoms with E-state index in [0.29, 0.717) is 19.1 Å². The van der Waals surface area contributed by atoms with E-state index in [1.165, 1.54) is 16.8 Å². The quantitative estimate of drug-likeness (QED) is 0.226. The van der Waals surface area contributed by atoms with Gasteiger partial charge in [0, 0.05) is 44.3 Å². The maximum Gasteiger partial charge on any atom is 0.194 e. The summed E-state index contributed by atoms with van der Waals surface area (Å²) in [5.74, 6) is 1.57. The summed E-state index contributed by atoms with van der Waals surface area (Å²) in [5, 5.41) is 3.47. The van der Waals surface area contributed by atoms with Crippen molar-refractivity contribution >= 4 is 35.6 Å². The summed E-state index contributed by atoms with van der Waals surface area (Å²) in [6.45, 7) is 9.25. The highest BCUT2D eigenvalue weighted by atomic mass is 127. The van der Waals surface area contributed by atoms with Crippen molar-refractivity contribution < 1.29 is 4.74 Å². The van der Waals surface area contributed by atoms with Crippen LogP contribution in [0.4, 0.5) is 5.69 Å². The van der Waals surface area contributed by atoms with E-state index in [1.807, 2.05) is 6.07 Å². The lowest BCUT2D eigenvalue weighted by Gasteiger charge is -2.22. The normalized spacial score (nSPS) is 18.2. The second kappa shape index (κ2) is 12.8. The van der Waals surface area contributed by atoms with Gasteiger partial charge < -0.3 is 19.9 Å². The van der Waals surface area contributed by atoms with Gasteiger partial charge in [0.05, 0.1) is 19.8 Å². The van der Waals surface area contributed by atoms with Gasteiger partial charge in [-0.25, -0.2) is 4.99 Å². The first-order valence-electron chi connectivity index (χ1n) is 11.5. The molecular formula is C26H35IN4O. The molecule has 1 N–H and O–H groups in total. The van der Waals surface area contributed by atoms with Crippen LogP contribution in [-0.4, -0.2) is 50.2 Å². The molecule has 2 aromatic rings. The number of nitrogens with one attached hydrogen (secondary N) is 1. The van der Waals surface area contributed by atoms with E-state index in [4.69, 9.17) is 9.73 Å². The molecule has 2 aliphatic rings. The van der Waals surface area contributed by atoms with Gasteiger partial charge in [-0.1, -0.05) is 54.6 Å². The molecule has 5 nitrogen and oxygen atoms in total. The summed E-state index contributed by atoms with van der Waals surface area (Å²) in [6, 6.07) is 19.2. The highest BCUT2D eigenvalue weighted by Crippen LogP contribution is 2.19. The van der Waals surface area contributed by atoms with Crippen molar-refractivity contribution in [2.45, 2.75) is 26.5 Å². The Morgan fingerprint density at radius 1 is 1.03 bits per heavy atom. The van der Waals surface area contributed by atoms with Crippen LogP contribution in [0.1, 0.15) is 24.5 Å². The summed E-state index contributed by atoms with van der Waals surface area (Å²) in [5.41, 5.74) is 3.76. The number of nitrogens with zero attached hydrogens (tertiary/aromatic N) is 3. The first-order valence-corrected chi connectivity index (χ1v) is 11.5. The van der Waals surface area contributed by atoms with Crippen molar-refractivity contribution in [2.24, 2.45) is 10.9 Å². The number of hydrogen-bond donors (Lipinski definition) is 1. The van der Waals surface area contributed by atoms with Crippen LogP contribution in [0.3, 0.4) is 0 Å². The molecule has 0 aromatic heterocycles. The van der Waals surface area contributed by atoms with E-state index >= 15 is 0 Å². The molecule has 0 saturated carbocycles. The van der Waals surface area contributed by atoms with Gasteiger partial charge >= 0.3 is 0 Å². The zero-order valence-electron chi connectivity index (χ0n) is 19.0. The molecule has 2 heterocycles. The summed E-state index contributed by atoms with van der Waals surface area (Å²) in [7, 11) is 0. The van der Waals surface area contributed by atoms with Crippen LogP contribution in [0, 0.1) is 5.92 Å². The Kier molecular flexibility index (Phi) is 9.87. The minimum absolute atomic E-state index is 0. The van der Waals surface area contributed by atoms with Crippen molar-refractivity contribution in [3.63, 3.8) is 0 Å². The Labute approximate surface area is 209 Å². The van der Waals surface area contributed by atoms with Crippen molar-refractivity contribution in [1.29, 1.82) is 0 Å². The zero-order chi connectivity index (χ0) is 21.3. The Hall–Kier alpha value is -2.06. The molecule has 0 spiro atoms. The molecule has 0 bridgehead atoms. The van der Waals surface area contributed by atoms with Crippen molar-refractivity contribution in [3.05, 3.63) is 77.9 Å². The number of aliphatic imine (C=N–C) groups is 1. The van der Waals surface area contributed by atoms with Crippen LogP contribution in [0.2, 0.25) is 0 Å². The lowest BCUT2D eigenvalue weighted by atomic mass is 10.1. The van der Waals surface area contributed by atoms with Crippen molar-refractivity contribution in [3.8, 4) is 0 Å². The third kappa shape index (κ3) is 6.97. The van der Waals surface area contributed by atoms with Crippen LogP contribution < -0.4 is 10.2 Å². The average molecular weight is 546 g/mol. The molecule has 1 unspecified atom stereocenters. The van der Waals surface area contributed by atoms with E-state index in [2.05, 4.69) is 82.7 Å². The standard InChI is InChI=1S/C26H34N4O.HI/c1-2-27-26(28-18-22-10-12-25(13-11-22)29-15-6-7-16-29)30-17-14-24(19-30)21-31-20-23-8-4-3-5-9-23;/h3-13,24H,2,14-21H2,1H3,(H,27,28);1H. The van der Waals surface area contributed by atoms with Gasteiger partial charge in [0.25, 0.3) is 0 Å². The highest BCUT2D eigenvalue weighted by Gasteiger charge is 2.25. The minimum atomic E-state index is 0. The number of guanidine groups is 1. The van der Waals surface area contributed by atoms with Crippen LogP contribution in [-0.2, 0) is 17.9 Å². The van der Waals surface area contributed by atoms with E-state index in [-0.39, 0.29) is 24.0 Å². The van der Waals surface area contributed by atoms with Crippen LogP contribution in [0.5, 0.6) is 0 Å². The first-order chi connectivity index (χ1) is 15.3. The summed E-state index contributed by atoms with van der Waals surface area (Å²) in [4.78, 5) is 9.66. The Bertz CT molecular complexity index is 861. The summed E-state index contributed by atoms with van der Waals surface area (Å²) in [6.07, 6.45) is 5.59.